The Kier molecular flexibility index (Phi) is 5.67. The molecule has 0 atom stereocenters. The Morgan fingerprint density at radius 3 is 2.77 bits per heavy atom. The van der Waals surface area contributed by atoms with Gasteiger partial charge in [-0.2, -0.15) is 0 Å². The number of rotatable bonds is 5. The maximum atomic E-state index is 12.1. The first-order valence-electron chi connectivity index (χ1n) is 8.09. The molecule has 1 aliphatic rings. The van der Waals surface area contributed by atoms with Crippen LogP contribution in [0.4, 0.5) is 18.9 Å². The van der Waals surface area contributed by atoms with Crippen molar-refractivity contribution in [1.82, 2.24) is 4.90 Å². The summed E-state index contributed by atoms with van der Waals surface area (Å²) in [4.78, 5) is 8.06. The molecule has 0 radical (unpaired) electrons. The Morgan fingerprint density at radius 1 is 1.27 bits per heavy atom. The first-order valence-corrected chi connectivity index (χ1v) is 8.97. The van der Waals surface area contributed by atoms with Gasteiger partial charge in [0.1, 0.15) is 5.75 Å². The van der Waals surface area contributed by atoms with E-state index in [9.17, 15) is 13.2 Å². The number of thiophene rings is 1. The highest BCUT2D eigenvalue weighted by atomic mass is 32.1. The summed E-state index contributed by atoms with van der Waals surface area (Å²) in [6, 6.07) is 7.50. The molecule has 140 valence electrons. The molecule has 0 unspecified atom stereocenters. The maximum Gasteiger partial charge on any atom is 0.573 e. The molecule has 0 spiro atoms. The monoisotopic (exact) mass is 384 g/mol. The van der Waals surface area contributed by atoms with Crippen molar-refractivity contribution in [2.45, 2.75) is 19.3 Å². The molecular weight excluding hydrogens is 365 g/mol. The summed E-state index contributed by atoms with van der Waals surface area (Å²) in [5, 5.41) is 4.98. The molecule has 0 fully saturated rings. The Bertz CT molecular complexity index is 758. The Labute approximate surface area is 153 Å². The zero-order valence-corrected chi connectivity index (χ0v) is 14.7. The van der Waals surface area contributed by atoms with Gasteiger partial charge in [0.05, 0.1) is 6.54 Å². The number of nitrogens with two attached hydrogens (primary N) is 1. The van der Waals surface area contributed by atoms with Crippen molar-refractivity contribution >= 4 is 23.0 Å². The van der Waals surface area contributed by atoms with Gasteiger partial charge in [0.2, 0.25) is 0 Å². The van der Waals surface area contributed by atoms with Crippen LogP contribution < -0.4 is 15.8 Å². The van der Waals surface area contributed by atoms with Gasteiger partial charge in [0, 0.05) is 30.2 Å². The molecule has 0 saturated carbocycles. The average molecular weight is 384 g/mol. The number of ether oxygens (including phenoxy) is 1. The summed E-state index contributed by atoms with van der Waals surface area (Å²) < 4.78 is 40.2. The minimum absolute atomic E-state index is 0.225. The van der Waals surface area contributed by atoms with Gasteiger partial charge in [-0.1, -0.05) is 0 Å². The van der Waals surface area contributed by atoms with E-state index in [0.29, 0.717) is 12.2 Å². The van der Waals surface area contributed by atoms with Crippen molar-refractivity contribution in [2.24, 2.45) is 10.7 Å². The summed E-state index contributed by atoms with van der Waals surface area (Å²) in [7, 11) is 0. The molecule has 0 amide bonds. The van der Waals surface area contributed by atoms with Crippen LogP contribution in [0.5, 0.6) is 5.75 Å². The van der Waals surface area contributed by atoms with Crippen LogP contribution in [0.25, 0.3) is 0 Å². The standard InChI is InChI=1S/C17H19F3N4OS/c18-17(19,20)25-14-3-1-13(2-4-14)23-16(21)22-7-9-24-8-5-15-12(11-24)6-10-26-15/h1-4,6,10H,5,7-9,11H2,(H3,21,22,23). The highest BCUT2D eigenvalue weighted by molar-refractivity contribution is 7.10. The molecule has 3 N–H and O–H groups in total. The van der Waals surface area contributed by atoms with Crippen molar-refractivity contribution in [2.75, 3.05) is 25.0 Å². The van der Waals surface area contributed by atoms with Gasteiger partial charge in [-0.15, -0.1) is 24.5 Å². The molecule has 2 aromatic rings. The molecule has 1 aromatic heterocycles. The maximum absolute atomic E-state index is 12.1. The molecule has 1 aliphatic heterocycles. The number of anilines is 1. The van der Waals surface area contributed by atoms with Crippen LogP contribution in [0, 0.1) is 0 Å². The number of guanidine groups is 1. The quantitative estimate of drug-likeness (QED) is 0.612. The number of alkyl halides is 3. The van der Waals surface area contributed by atoms with Gasteiger partial charge in [0.25, 0.3) is 0 Å². The van der Waals surface area contributed by atoms with Crippen LogP contribution in [-0.2, 0) is 13.0 Å². The van der Waals surface area contributed by atoms with Crippen molar-refractivity contribution < 1.29 is 17.9 Å². The third kappa shape index (κ3) is 5.37. The first kappa shape index (κ1) is 18.5. The Morgan fingerprint density at radius 2 is 2.04 bits per heavy atom. The highest BCUT2D eigenvalue weighted by Gasteiger charge is 2.30. The second kappa shape index (κ2) is 7.96. The van der Waals surface area contributed by atoms with Gasteiger partial charge in [-0.25, -0.2) is 0 Å². The van der Waals surface area contributed by atoms with E-state index < -0.39 is 6.36 Å². The average Bonchev–Trinajstić information content (AvgIpc) is 3.03. The van der Waals surface area contributed by atoms with E-state index in [-0.39, 0.29) is 11.7 Å². The van der Waals surface area contributed by atoms with Crippen LogP contribution in [0.3, 0.4) is 0 Å². The highest BCUT2D eigenvalue weighted by Crippen LogP contribution is 2.24. The molecule has 0 aliphatic carbocycles. The van der Waals surface area contributed by atoms with Gasteiger partial charge in [0.15, 0.2) is 5.96 Å². The zero-order chi connectivity index (χ0) is 18.6. The Hall–Kier alpha value is -2.26. The fourth-order valence-electron chi connectivity index (χ4n) is 2.74. The van der Waals surface area contributed by atoms with E-state index in [4.69, 9.17) is 5.73 Å². The lowest BCUT2D eigenvalue weighted by atomic mass is 10.1. The third-order valence-corrected chi connectivity index (χ3v) is 4.97. The summed E-state index contributed by atoms with van der Waals surface area (Å²) in [6.07, 6.45) is -3.63. The van der Waals surface area contributed by atoms with E-state index >= 15 is 0 Å². The van der Waals surface area contributed by atoms with Crippen molar-refractivity contribution in [3.63, 3.8) is 0 Å². The first-order chi connectivity index (χ1) is 12.4. The van der Waals surface area contributed by atoms with Gasteiger partial charge < -0.3 is 15.8 Å². The second-order valence-corrected chi connectivity index (χ2v) is 6.86. The number of hydrogen-bond acceptors (Lipinski definition) is 4. The summed E-state index contributed by atoms with van der Waals surface area (Å²) in [5.41, 5.74) is 7.76. The van der Waals surface area contributed by atoms with Gasteiger partial charge >= 0.3 is 6.36 Å². The molecule has 1 aromatic carbocycles. The van der Waals surface area contributed by atoms with E-state index in [2.05, 4.69) is 31.4 Å². The van der Waals surface area contributed by atoms with Gasteiger partial charge in [-0.05, 0) is 47.7 Å². The number of halogens is 3. The number of nitrogens with one attached hydrogen (secondary N) is 1. The van der Waals surface area contributed by atoms with Crippen LogP contribution in [0.1, 0.15) is 10.4 Å². The molecule has 26 heavy (non-hydrogen) atoms. The largest absolute Gasteiger partial charge is 0.573 e. The molecule has 3 rings (SSSR count). The lowest BCUT2D eigenvalue weighted by Gasteiger charge is -2.26. The topological polar surface area (TPSA) is 62.9 Å². The molecular formula is C17H19F3N4OS. The van der Waals surface area contributed by atoms with E-state index in [1.54, 1.807) is 11.3 Å². The number of aliphatic imine (C=N–C) groups is 1. The number of benzene rings is 1. The van der Waals surface area contributed by atoms with Crippen molar-refractivity contribution in [1.29, 1.82) is 0 Å². The fourth-order valence-corrected chi connectivity index (χ4v) is 3.63. The molecule has 0 bridgehead atoms. The number of hydrogen-bond donors (Lipinski definition) is 2. The lowest BCUT2D eigenvalue weighted by Crippen LogP contribution is -2.32. The van der Waals surface area contributed by atoms with Crippen LogP contribution >= 0.6 is 11.3 Å². The smallest absolute Gasteiger partial charge is 0.406 e. The SMILES string of the molecule is NC(=NCCN1CCc2sccc2C1)Nc1ccc(OC(F)(F)F)cc1. The summed E-state index contributed by atoms with van der Waals surface area (Å²) in [6.45, 7) is 3.29. The second-order valence-electron chi connectivity index (χ2n) is 5.86. The predicted octanol–water partition coefficient (Wildman–Crippen LogP) is 3.43. The molecule has 0 saturated heterocycles. The van der Waals surface area contributed by atoms with Gasteiger partial charge in [-0.3, -0.25) is 9.89 Å². The van der Waals surface area contributed by atoms with E-state index in [1.165, 1.54) is 34.7 Å². The van der Waals surface area contributed by atoms with Crippen LogP contribution in [0.15, 0.2) is 40.7 Å². The van der Waals surface area contributed by atoms with Crippen molar-refractivity contribution in [3.8, 4) is 5.75 Å². The third-order valence-electron chi connectivity index (χ3n) is 3.95. The molecule has 2 heterocycles. The number of nitrogens with zero attached hydrogens (tertiary/aromatic N) is 2. The molecule has 9 heteroatoms. The van der Waals surface area contributed by atoms with E-state index in [1.807, 2.05) is 0 Å². The number of fused-ring (bicyclic) bond motifs is 1. The van der Waals surface area contributed by atoms with Crippen molar-refractivity contribution in [3.05, 3.63) is 46.2 Å². The van der Waals surface area contributed by atoms with Crippen LogP contribution in [-0.4, -0.2) is 36.9 Å². The summed E-state index contributed by atoms with van der Waals surface area (Å²) >= 11 is 1.81. The lowest BCUT2D eigenvalue weighted by molar-refractivity contribution is -0.274. The minimum Gasteiger partial charge on any atom is -0.406 e. The predicted molar refractivity (Wildman–Crippen MR) is 96.5 cm³/mol. The summed E-state index contributed by atoms with van der Waals surface area (Å²) in [5.74, 6) is -0.0563. The minimum atomic E-state index is -4.70. The zero-order valence-electron chi connectivity index (χ0n) is 13.9. The fraction of sp³-hybridized carbons (Fsp3) is 0.353. The Balaban J connectivity index is 1.45. The van der Waals surface area contributed by atoms with E-state index in [0.717, 1.165) is 26.1 Å². The molecule has 5 nitrogen and oxygen atoms in total. The van der Waals surface area contributed by atoms with Crippen LogP contribution in [0.2, 0.25) is 0 Å². The normalized spacial score (nSPS) is 15.6.